The number of fused-ring (bicyclic) bond motifs is 1. The van der Waals surface area contributed by atoms with E-state index in [-0.39, 0.29) is 21.1 Å². The van der Waals surface area contributed by atoms with Crippen molar-refractivity contribution in [3.05, 3.63) is 58.3 Å². The van der Waals surface area contributed by atoms with Crippen LogP contribution in [0.3, 0.4) is 0 Å². The fourth-order valence-corrected chi connectivity index (χ4v) is 3.48. The Morgan fingerprint density at radius 1 is 1.35 bits per heavy atom. The van der Waals surface area contributed by atoms with Gasteiger partial charge in [0.05, 0.1) is 12.1 Å². The van der Waals surface area contributed by atoms with Crippen molar-refractivity contribution in [3.63, 3.8) is 0 Å². The zero-order valence-electron chi connectivity index (χ0n) is 14.5. The van der Waals surface area contributed by atoms with Crippen LogP contribution in [0.1, 0.15) is 31.1 Å². The second kappa shape index (κ2) is 7.40. The minimum absolute atomic E-state index is 0.0149. The molecule has 1 aromatic carbocycles. The highest BCUT2D eigenvalue weighted by Crippen LogP contribution is 2.22. The number of aromatic nitrogens is 3. The molecule has 0 bridgehead atoms. The van der Waals surface area contributed by atoms with Gasteiger partial charge in [0.2, 0.25) is 0 Å². The van der Waals surface area contributed by atoms with Crippen LogP contribution in [0.5, 0.6) is 0 Å². The summed E-state index contributed by atoms with van der Waals surface area (Å²) in [4.78, 5) is 21.0. The molecule has 4 N–H and O–H groups in total. The van der Waals surface area contributed by atoms with Crippen molar-refractivity contribution < 1.29 is 0 Å². The zero-order valence-corrected chi connectivity index (χ0v) is 16.6. The highest BCUT2D eigenvalue weighted by molar-refractivity contribution is 14.1. The van der Waals surface area contributed by atoms with Crippen molar-refractivity contribution in [2.75, 3.05) is 11.1 Å². The SMILES string of the molecule is CC(C)n1c(CNc2ncnc(N)c2C(=N)I)cc2ccccc2c1=O. The third kappa shape index (κ3) is 3.41. The molecule has 0 aliphatic carbocycles. The van der Waals surface area contributed by atoms with E-state index in [1.54, 1.807) is 4.57 Å². The highest BCUT2D eigenvalue weighted by atomic mass is 127. The third-order valence-electron chi connectivity index (χ3n) is 4.09. The van der Waals surface area contributed by atoms with Gasteiger partial charge < -0.3 is 15.6 Å². The molecule has 26 heavy (non-hydrogen) atoms. The molecule has 2 aromatic heterocycles. The number of pyridine rings is 1. The molecular weight excluding hydrogens is 443 g/mol. The minimum atomic E-state index is -0.0149. The molecule has 0 saturated carbocycles. The van der Waals surface area contributed by atoms with Crippen molar-refractivity contribution in [1.82, 2.24) is 14.5 Å². The summed E-state index contributed by atoms with van der Waals surface area (Å²) in [6.45, 7) is 4.34. The second-order valence-corrected chi connectivity index (χ2v) is 7.22. The van der Waals surface area contributed by atoms with Gasteiger partial charge in [0, 0.05) is 17.1 Å². The van der Waals surface area contributed by atoms with Crippen LogP contribution in [0.2, 0.25) is 0 Å². The Bertz CT molecular complexity index is 1040. The highest BCUT2D eigenvalue weighted by Gasteiger charge is 2.15. The number of halogens is 1. The fourth-order valence-electron chi connectivity index (χ4n) is 2.95. The van der Waals surface area contributed by atoms with Gasteiger partial charge in [0.25, 0.3) is 5.56 Å². The average molecular weight is 462 g/mol. The number of benzene rings is 1. The first-order valence-electron chi connectivity index (χ1n) is 8.12. The van der Waals surface area contributed by atoms with E-state index in [2.05, 4.69) is 15.3 Å². The van der Waals surface area contributed by atoms with E-state index < -0.39 is 0 Å². The van der Waals surface area contributed by atoms with E-state index in [0.717, 1.165) is 11.1 Å². The summed E-state index contributed by atoms with van der Waals surface area (Å²) < 4.78 is 2.03. The minimum Gasteiger partial charge on any atom is -0.383 e. The van der Waals surface area contributed by atoms with Gasteiger partial charge in [0.15, 0.2) is 0 Å². The quantitative estimate of drug-likeness (QED) is 0.398. The van der Waals surface area contributed by atoms with Crippen molar-refractivity contribution in [1.29, 1.82) is 5.41 Å². The van der Waals surface area contributed by atoms with Crippen LogP contribution < -0.4 is 16.6 Å². The summed E-state index contributed by atoms with van der Waals surface area (Å²) >= 11 is 1.88. The molecule has 0 radical (unpaired) electrons. The lowest BCUT2D eigenvalue weighted by molar-refractivity contribution is 0.558. The maximum absolute atomic E-state index is 12.9. The molecule has 2 heterocycles. The van der Waals surface area contributed by atoms with Gasteiger partial charge in [0.1, 0.15) is 21.7 Å². The van der Waals surface area contributed by atoms with Gasteiger partial charge in [-0.3, -0.25) is 10.2 Å². The number of hydrogen-bond acceptors (Lipinski definition) is 6. The first-order chi connectivity index (χ1) is 12.4. The molecule has 0 unspecified atom stereocenters. The third-order valence-corrected chi connectivity index (χ3v) is 4.63. The Morgan fingerprint density at radius 3 is 2.77 bits per heavy atom. The number of hydrogen-bond donors (Lipinski definition) is 3. The molecule has 0 aliphatic heterocycles. The van der Waals surface area contributed by atoms with E-state index in [9.17, 15) is 4.79 Å². The summed E-state index contributed by atoms with van der Waals surface area (Å²) in [5, 5.41) is 12.7. The lowest BCUT2D eigenvalue weighted by Crippen LogP contribution is -2.27. The Morgan fingerprint density at radius 2 is 2.08 bits per heavy atom. The number of nitrogens with one attached hydrogen (secondary N) is 2. The van der Waals surface area contributed by atoms with Gasteiger partial charge >= 0.3 is 0 Å². The second-order valence-electron chi connectivity index (χ2n) is 6.14. The predicted molar refractivity (Wildman–Crippen MR) is 113 cm³/mol. The largest absolute Gasteiger partial charge is 0.383 e. The molecule has 134 valence electrons. The van der Waals surface area contributed by atoms with Crippen LogP contribution in [0, 0.1) is 5.41 Å². The molecular formula is C18H19IN6O. The molecule has 0 saturated heterocycles. The van der Waals surface area contributed by atoms with Gasteiger partial charge in [-0.1, -0.05) is 18.2 Å². The van der Waals surface area contributed by atoms with Crippen molar-refractivity contribution in [2.45, 2.75) is 26.4 Å². The van der Waals surface area contributed by atoms with E-state index in [4.69, 9.17) is 11.1 Å². The summed E-state index contributed by atoms with van der Waals surface area (Å²) in [5.74, 6) is 0.731. The Hall–Kier alpha value is -2.49. The smallest absolute Gasteiger partial charge is 0.258 e. The number of nitrogens with zero attached hydrogens (tertiary/aromatic N) is 3. The Balaban J connectivity index is 2.05. The predicted octanol–water partition coefficient (Wildman–Crippen LogP) is 3.33. The summed E-state index contributed by atoms with van der Waals surface area (Å²) in [6, 6.07) is 9.58. The number of rotatable bonds is 5. The molecule has 0 amide bonds. The molecule has 8 heteroatoms. The van der Waals surface area contributed by atoms with Crippen LogP contribution in [0.25, 0.3) is 10.8 Å². The van der Waals surface area contributed by atoms with Crippen molar-refractivity contribution >= 4 is 48.7 Å². The van der Waals surface area contributed by atoms with Crippen molar-refractivity contribution in [3.8, 4) is 0 Å². The topological polar surface area (TPSA) is 110 Å². The molecule has 3 aromatic rings. The maximum atomic E-state index is 12.9. The molecule has 0 spiro atoms. The van der Waals surface area contributed by atoms with Crippen LogP contribution in [0.15, 0.2) is 41.5 Å². The molecule has 0 fully saturated rings. The molecule has 0 aliphatic rings. The van der Waals surface area contributed by atoms with Gasteiger partial charge in [-0.05, 0) is 54.0 Å². The maximum Gasteiger partial charge on any atom is 0.258 e. The number of nitrogens with two attached hydrogens (primary N) is 1. The number of anilines is 2. The fraction of sp³-hybridized carbons (Fsp3) is 0.222. The molecule has 7 nitrogen and oxygen atoms in total. The summed E-state index contributed by atoms with van der Waals surface area (Å²) in [5.41, 5.74) is 7.17. The lowest BCUT2D eigenvalue weighted by Gasteiger charge is -2.19. The van der Waals surface area contributed by atoms with Crippen LogP contribution in [0.4, 0.5) is 11.6 Å². The van der Waals surface area contributed by atoms with Crippen LogP contribution in [-0.4, -0.2) is 18.3 Å². The van der Waals surface area contributed by atoms with E-state index in [0.29, 0.717) is 23.3 Å². The normalized spacial score (nSPS) is 11.1. The van der Waals surface area contributed by atoms with Gasteiger partial charge in [-0.2, -0.15) is 0 Å². The monoisotopic (exact) mass is 462 g/mol. The Kier molecular flexibility index (Phi) is 5.21. The van der Waals surface area contributed by atoms with E-state index >= 15 is 0 Å². The number of nitrogen functional groups attached to an aromatic ring is 1. The zero-order chi connectivity index (χ0) is 18.8. The van der Waals surface area contributed by atoms with Gasteiger partial charge in [-0.25, -0.2) is 9.97 Å². The van der Waals surface area contributed by atoms with Gasteiger partial charge in [-0.15, -0.1) is 0 Å². The first-order valence-corrected chi connectivity index (χ1v) is 9.20. The van der Waals surface area contributed by atoms with Crippen LogP contribution >= 0.6 is 22.6 Å². The summed E-state index contributed by atoms with van der Waals surface area (Å²) in [6.07, 6.45) is 1.36. The molecule has 3 rings (SSSR count). The lowest BCUT2D eigenvalue weighted by atomic mass is 10.1. The van der Waals surface area contributed by atoms with Crippen molar-refractivity contribution in [2.24, 2.45) is 0 Å². The Labute approximate surface area is 164 Å². The van der Waals surface area contributed by atoms with E-state index in [1.807, 2.05) is 66.8 Å². The van der Waals surface area contributed by atoms with Crippen LogP contribution in [-0.2, 0) is 6.54 Å². The summed E-state index contributed by atoms with van der Waals surface area (Å²) in [7, 11) is 0. The first kappa shape index (κ1) is 18.3. The van der Waals surface area contributed by atoms with E-state index in [1.165, 1.54) is 6.33 Å². The molecule has 0 atom stereocenters. The average Bonchev–Trinajstić information content (AvgIpc) is 2.59. The standard InChI is InChI=1S/C18H19IN6O/c1-10(2)25-12(7-11-5-3-4-6-13(11)18(25)26)8-22-17-14(15(19)20)16(21)23-9-24-17/h3-7,9-10,20H,8H2,1-2H3,(H3,21,22,23,24).